The van der Waals surface area contributed by atoms with Crippen LogP contribution < -0.4 is 33.4 Å². The molecule has 0 bridgehead atoms. The molecule has 8 nitrogen and oxygen atoms in total. The number of nitrogens with two attached hydrogens (primary N) is 3. The Morgan fingerprint density at radius 3 is 2.11 bits per heavy atom. The molecular formula is C28H50N8. The number of hydrogen-bond acceptors (Lipinski definition) is 8. The van der Waals surface area contributed by atoms with Crippen molar-refractivity contribution < 1.29 is 0 Å². The van der Waals surface area contributed by atoms with E-state index in [9.17, 15) is 0 Å². The zero-order chi connectivity index (χ0) is 26.0. The minimum absolute atomic E-state index is 0.465. The second-order valence-electron chi connectivity index (χ2n) is 9.66. The number of aryl methyl sites for hydroxylation is 1. The number of benzene rings is 2. The van der Waals surface area contributed by atoms with Gasteiger partial charge in [-0.05, 0) is 49.5 Å². The zero-order valence-electron chi connectivity index (χ0n) is 22.5. The van der Waals surface area contributed by atoms with Crippen molar-refractivity contribution in [3.05, 3.63) is 70.8 Å². The quantitative estimate of drug-likeness (QED) is 0.0929. The third kappa shape index (κ3) is 13.4. The molecule has 2 rings (SSSR count). The third-order valence-corrected chi connectivity index (χ3v) is 6.35. The Morgan fingerprint density at radius 2 is 1.42 bits per heavy atom. The predicted molar refractivity (Wildman–Crippen MR) is 152 cm³/mol. The molecule has 0 fully saturated rings. The highest BCUT2D eigenvalue weighted by molar-refractivity contribution is 5.22. The molecule has 2 aromatic carbocycles. The van der Waals surface area contributed by atoms with E-state index in [1.807, 2.05) is 10.0 Å². The SMILES string of the molecule is CCNCC(CCCCN)NCc1ccc(CN(N)CCN(N)CCNCc2ccc(C)cc2)cc1. The monoisotopic (exact) mass is 498 g/mol. The summed E-state index contributed by atoms with van der Waals surface area (Å²) in [5, 5.41) is 14.2. The lowest BCUT2D eigenvalue weighted by Crippen LogP contribution is -2.44. The normalized spacial score (nSPS) is 12.5. The van der Waals surface area contributed by atoms with Gasteiger partial charge < -0.3 is 21.7 Å². The first-order valence-electron chi connectivity index (χ1n) is 13.5. The fourth-order valence-electron chi connectivity index (χ4n) is 4.00. The standard InChI is InChI=1S/C28H50N8/c1-3-32-22-28(6-4-5-15-29)34-21-26-11-13-27(14-12-26)23-36(31)19-18-35(30)17-16-33-20-25-9-7-24(2)8-10-25/h7-14,28,32-34H,3-6,15-23,29-31H2,1-2H3. The van der Waals surface area contributed by atoms with Crippen LogP contribution in [-0.4, -0.2) is 61.9 Å². The van der Waals surface area contributed by atoms with Crippen molar-refractivity contribution in [1.82, 2.24) is 26.0 Å². The summed E-state index contributed by atoms with van der Waals surface area (Å²) in [7, 11) is 0. The van der Waals surface area contributed by atoms with Crippen LogP contribution in [0.25, 0.3) is 0 Å². The maximum atomic E-state index is 6.25. The van der Waals surface area contributed by atoms with Crippen LogP contribution in [0.4, 0.5) is 0 Å². The van der Waals surface area contributed by atoms with E-state index in [0.29, 0.717) is 19.1 Å². The molecule has 0 aliphatic heterocycles. The molecule has 0 amide bonds. The molecule has 1 unspecified atom stereocenters. The topological polar surface area (TPSA) is 121 Å². The predicted octanol–water partition coefficient (Wildman–Crippen LogP) is 1.83. The van der Waals surface area contributed by atoms with Crippen LogP contribution in [0.15, 0.2) is 48.5 Å². The first-order valence-corrected chi connectivity index (χ1v) is 13.5. The van der Waals surface area contributed by atoms with E-state index in [1.54, 1.807) is 0 Å². The van der Waals surface area contributed by atoms with Gasteiger partial charge in [-0.3, -0.25) is 11.7 Å². The molecule has 202 valence electrons. The van der Waals surface area contributed by atoms with E-state index >= 15 is 0 Å². The fourth-order valence-corrected chi connectivity index (χ4v) is 4.00. The highest BCUT2D eigenvalue weighted by Crippen LogP contribution is 2.08. The smallest absolute Gasteiger partial charge is 0.0379 e. The molecule has 0 aliphatic carbocycles. The van der Waals surface area contributed by atoms with Gasteiger partial charge in [0.2, 0.25) is 0 Å². The molecular weight excluding hydrogens is 448 g/mol. The van der Waals surface area contributed by atoms with E-state index in [0.717, 1.165) is 71.6 Å². The number of hydrazine groups is 2. The average Bonchev–Trinajstić information content (AvgIpc) is 2.88. The summed E-state index contributed by atoms with van der Waals surface area (Å²) in [6.07, 6.45) is 3.39. The Bertz CT molecular complexity index is 796. The van der Waals surface area contributed by atoms with Crippen LogP contribution in [0.2, 0.25) is 0 Å². The summed E-state index contributed by atoms with van der Waals surface area (Å²) in [6, 6.07) is 17.8. The second-order valence-corrected chi connectivity index (χ2v) is 9.66. The van der Waals surface area contributed by atoms with E-state index in [1.165, 1.54) is 22.3 Å². The van der Waals surface area contributed by atoms with E-state index in [4.69, 9.17) is 17.4 Å². The molecule has 0 saturated carbocycles. The highest BCUT2D eigenvalue weighted by atomic mass is 15.4. The van der Waals surface area contributed by atoms with Gasteiger partial charge in [-0.1, -0.05) is 67.4 Å². The number of rotatable bonds is 20. The first kappa shape index (κ1) is 30.3. The number of hydrogen-bond donors (Lipinski definition) is 6. The number of nitrogens with zero attached hydrogens (tertiary/aromatic N) is 2. The molecule has 1 atom stereocenters. The van der Waals surface area contributed by atoms with Gasteiger partial charge in [0.05, 0.1) is 0 Å². The fraction of sp³-hybridized carbons (Fsp3) is 0.571. The number of unbranched alkanes of at least 4 members (excludes halogenated alkanes) is 1. The Kier molecular flexibility index (Phi) is 15.5. The molecule has 0 spiro atoms. The van der Waals surface area contributed by atoms with Crippen LogP contribution in [-0.2, 0) is 19.6 Å². The number of nitrogens with one attached hydrogen (secondary N) is 3. The Balaban J connectivity index is 1.62. The van der Waals surface area contributed by atoms with Gasteiger partial charge in [0.15, 0.2) is 0 Å². The minimum atomic E-state index is 0.465. The lowest BCUT2D eigenvalue weighted by atomic mass is 10.1. The van der Waals surface area contributed by atoms with Gasteiger partial charge >= 0.3 is 0 Å². The summed E-state index contributed by atoms with van der Waals surface area (Å²) in [4.78, 5) is 0. The van der Waals surface area contributed by atoms with Gasteiger partial charge in [-0.2, -0.15) is 0 Å². The van der Waals surface area contributed by atoms with Crippen molar-refractivity contribution in [3.63, 3.8) is 0 Å². The maximum absolute atomic E-state index is 6.25. The van der Waals surface area contributed by atoms with Gasteiger partial charge in [-0.15, -0.1) is 0 Å². The third-order valence-electron chi connectivity index (χ3n) is 6.35. The van der Waals surface area contributed by atoms with E-state index in [2.05, 4.69) is 78.3 Å². The Hall–Kier alpha value is -1.88. The summed E-state index contributed by atoms with van der Waals surface area (Å²) in [6.45, 7) is 12.5. The van der Waals surface area contributed by atoms with Crippen molar-refractivity contribution in [2.45, 2.75) is 58.8 Å². The van der Waals surface area contributed by atoms with E-state index in [-0.39, 0.29) is 0 Å². The molecule has 36 heavy (non-hydrogen) atoms. The number of likely N-dealkylation sites (N-methyl/N-ethyl adjacent to an activating group) is 1. The Morgan fingerprint density at radius 1 is 0.778 bits per heavy atom. The van der Waals surface area contributed by atoms with Crippen LogP contribution in [0, 0.1) is 6.92 Å². The van der Waals surface area contributed by atoms with Crippen molar-refractivity contribution in [2.75, 3.05) is 45.8 Å². The van der Waals surface area contributed by atoms with Crippen LogP contribution in [0.1, 0.15) is 48.4 Å². The van der Waals surface area contributed by atoms with Gasteiger partial charge in [-0.25, -0.2) is 10.0 Å². The summed E-state index contributed by atoms with van der Waals surface area (Å²) in [5.74, 6) is 12.4. The molecule has 0 aliphatic rings. The molecule has 8 heteroatoms. The summed E-state index contributed by atoms with van der Waals surface area (Å²) < 4.78 is 0. The van der Waals surface area contributed by atoms with Crippen LogP contribution in [0.3, 0.4) is 0 Å². The summed E-state index contributed by atoms with van der Waals surface area (Å²) in [5.41, 5.74) is 10.7. The second kappa shape index (κ2) is 18.4. The van der Waals surface area contributed by atoms with Crippen LogP contribution in [0.5, 0.6) is 0 Å². The Labute approximate surface area is 218 Å². The minimum Gasteiger partial charge on any atom is -0.330 e. The first-order chi connectivity index (χ1) is 17.5. The average molecular weight is 499 g/mol. The van der Waals surface area contributed by atoms with Crippen LogP contribution >= 0.6 is 0 Å². The maximum Gasteiger partial charge on any atom is 0.0379 e. The molecule has 9 N–H and O–H groups in total. The van der Waals surface area contributed by atoms with Crippen molar-refractivity contribution in [2.24, 2.45) is 17.4 Å². The van der Waals surface area contributed by atoms with Gasteiger partial charge in [0.1, 0.15) is 0 Å². The lowest BCUT2D eigenvalue weighted by molar-refractivity contribution is 0.203. The van der Waals surface area contributed by atoms with E-state index < -0.39 is 0 Å². The lowest BCUT2D eigenvalue weighted by Gasteiger charge is -2.22. The van der Waals surface area contributed by atoms with Crippen molar-refractivity contribution in [3.8, 4) is 0 Å². The molecule has 0 aromatic heterocycles. The molecule has 0 radical (unpaired) electrons. The molecule has 2 aromatic rings. The van der Waals surface area contributed by atoms with Crippen molar-refractivity contribution >= 4 is 0 Å². The molecule has 0 heterocycles. The van der Waals surface area contributed by atoms with Gasteiger partial charge in [0.25, 0.3) is 0 Å². The van der Waals surface area contributed by atoms with Crippen molar-refractivity contribution in [1.29, 1.82) is 0 Å². The zero-order valence-corrected chi connectivity index (χ0v) is 22.5. The highest BCUT2D eigenvalue weighted by Gasteiger charge is 2.08. The largest absolute Gasteiger partial charge is 0.330 e. The van der Waals surface area contributed by atoms with Gasteiger partial charge in [0, 0.05) is 58.4 Å². The summed E-state index contributed by atoms with van der Waals surface area (Å²) >= 11 is 0. The molecule has 0 saturated heterocycles.